The van der Waals surface area contributed by atoms with Gasteiger partial charge in [0.05, 0.1) is 19.4 Å². The van der Waals surface area contributed by atoms with E-state index in [1.807, 2.05) is 0 Å². The number of alkyl halides is 3. The fourth-order valence-electron chi connectivity index (χ4n) is 3.25. The number of phosphoric ester groups is 1. The summed E-state index contributed by atoms with van der Waals surface area (Å²) in [5.41, 5.74) is 1.26. The lowest BCUT2D eigenvalue weighted by atomic mass is 9.97. The number of phosphoric acid groups is 1. The molecule has 5 atom stereocenters. The van der Waals surface area contributed by atoms with Crippen LogP contribution in [0.5, 0.6) is 5.75 Å². The molecular formula is C17H16F4N3O7P. The molecule has 2 aromatic rings. The second-order valence-corrected chi connectivity index (χ2v) is 8.60. The van der Waals surface area contributed by atoms with Crippen molar-refractivity contribution in [2.24, 2.45) is 0 Å². The Morgan fingerprint density at radius 1 is 1.41 bits per heavy atom. The number of nitrogens with zero attached hydrogens (tertiary/aromatic N) is 2. The summed E-state index contributed by atoms with van der Waals surface area (Å²) in [5.74, 6) is -1.92. The van der Waals surface area contributed by atoms with E-state index in [0.717, 1.165) is 0 Å². The second kappa shape index (κ2) is 8.12. The summed E-state index contributed by atoms with van der Waals surface area (Å²) in [6, 6.07) is 6.28. The maximum absolute atomic E-state index is 14.8. The third kappa shape index (κ3) is 3.77. The van der Waals surface area contributed by atoms with Crippen LogP contribution in [0, 0.1) is 5.82 Å². The fraction of sp³-hybridized carbons (Fsp3) is 0.412. The average molecular weight is 481 g/mol. The van der Waals surface area contributed by atoms with Gasteiger partial charge in [0.15, 0.2) is 29.6 Å². The zero-order valence-electron chi connectivity index (χ0n) is 15.9. The maximum atomic E-state index is 14.8. The number of hydrogen-bond acceptors (Lipinski definition) is 9. The molecule has 0 amide bonds. The van der Waals surface area contributed by atoms with Crippen LogP contribution in [0.15, 0.2) is 35.3 Å². The molecule has 2 aliphatic heterocycles. The molecule has 15 heteroatoms. The van der Waals surface area contributed by atoms with Crippen molar-refractivity contribution in [1.82, 2.24) is 9.55 Å². The summed E-state index contributed by atoms with van der Waals surface area (Å²) in [5, 5.41) is 10.2. The van der Waals surface area contributed by atoms with Gasteiger partial charge in [-0.05, 0) is 6.07 Å². The van der Waals surface area contributed by atoms with Gasteiger partial charge in [0.1, 0.15) is 11.9 Å². The monoisotopic (exact) mass is 481 g/mol. The SMILES string of the molecule is Nc1nc(=O)n([C@@H]2O[C@@](COP3(=O)OCc4ccccc4O3)(C(F)F)[C@@H](O)[C@H]2F)cc1F. The molecule has 0 spiro atoms. The Hall–Kier alpha value is -2.51. The van der Waals surface area contributed by atoms with Crippen LogP contribution in [0.3, 0.4) is 0 Å². The Bertz CT molecular complexity index is 1140. The van der Waals surface area contributed by atoms with Gasteiger partial charge in [-0.15, -0.1) is 0 Å². The number of para-hydroxylation sites is 1. The van der Waals surface area contributed by atoms with E-state index in [1.54, 1.807) is 18.2 Å². The summed E-state index contributed by atoms with van der Waals surface area (Å²) in [4.78, 5) is 15.1. The Morgan fingerprint density at radius 3 is 2.84 bits per heavy atom. The smallest absolute Gasteiger partial charge is 0.404 e. The largest absolute Gasteiger partial charge is 0.530 e. The number of aliphatic hydroxyl groups excluding tert-OH is 1. The van der Waals surface area contributed by atoms with Crippen molar-refractivity contribution in [2.45, 2.75) is 37.1 Å². The first-order valence-electron chi connectivity index (χ1n) is 9.05. The predicted molar refractivity (Wildman–Crippen MR) is 98.0 cm³/mol. The molecule has 174 valence electrons. The molecule has 0 aliphatic carbocycles. The minimum atomic E-state index is -4.45. The van der Waals surface area contributed by atoms with Crippen molar-refractivity contribution in [3.8, 4) is 5.75 Å². The van der Waals surface area contributed by atoms with Crippen LogP contribution in [0.2, 0.25) is 0 Å². The van der Waals surface area contributed by atoms with Crippen molar-refractivity contribution in [3.63, 3.8) is 0 Å². The molecule has 0 radical (unpaired) electrons. The van der Waals surface area contributed by atoms with Crippen molar-refractivity contribution in [1.29, 1.82) is 0 Å². The number of benzene rings is 1. The lowest BCUT2D eigenvalue weighted by Gasteiger charge is -2.32. The van der Waals surface area contributed by atoms with Gasteiger partial charge in [-0.3, -0.25) is 13.6 Å². The van der Waals surface area contributed by atoms with Gasteiger partial charge >= 0.3 is 13.5 Å². The summed E-state index contributed by atoms with van der Waals surface area (Å²) in [6.45, 7) is -1.57. The van der Waals surface area contributed by atoms with Gasteiger partial charge in [-0.1, -0.05) is 18.2 Å². The summed E-state index contributed by atoms with van der Waals surface area (Å²) >= 11 is 0. The Balaban J connectivity index is 1.59. The van der Waals surface area contributed by atoms with Gasteiger partial charge in [0.2, 0.25) is 0 Å². The third-order valence-corrected chi connectivity index (χ3v) is 6.31. The first kappa shape index (κ1) is 22.7. The normalized spacial score (nSPS) is 32.0. The molecule has 1 aromatic carbocycles. The van der Waals surface area contributed by atoms with Crippen LogP contribution in [0.4, 0.5) is 23.4 Å². The van der Waals surface area contributed by atoms with Crippen LogP contribution in [-0.2, 0) is 25.0 Å². The van der Waals surface area contributed by atoms with E-state index in [9.17, 15) is 32.0 Å². The molecule has 2 aliphatic rings. The van der Waals surface area contributed by atoms with Gasteiger partial charge in [0, 0.05) is 5.56 Å². The van der Waals surface area contributed by atoms with Gasteiger partial charge in [0.25, 0.3) is 6.43 Å². The fourth-order valence-corrected chi connectivity index (χ4v) is 4.51. The highest BCUT2D eigenvalue weighted by Crippen LogP contribution is 2.56. The summed E-state index contributed by atoms with van der Waals surface area (Å²) in [7, 11) is -4.45. The van der Waals surface area contributed by atoms with Crippen LogP contribution in [0.1, 0.15) is 11.8 Å². The number of anilines is 1. The highest BCUT2D eigenvalue weighted by atomic mass is 31.2. The van der Waals surface area contributed by atoms with E-state index in [0.29, 0.717) is 11.8 Å². The van der Waals surface area contributed by atoms with E-state index < -0.39 is 62.3 Å². The van der Waals surface area contributed by atoms with Gasteiger partial charge in [-0.25, -0.2) is 26.9 Å². The molecule has 0 saturated carbocycles. The Labute approximate surface area is 177 Å². The number of hydrogen-bond donors (Lipinski definition) is 2. The molecule has 3 heterocycles. The third-order valence-electron chi connectivity index (χ3n) is 5.00. The first-order chi connectivity index (χ1) is 15.1. The summed E-state index contributed by atoms with van der Waals surface area (Å²) < 4.78 is 89.4. The molecule has 3 N–H and O–H groups in total. The maximum Gasteiger partial charge on any atom is 0.530 e. The molecule has 32 heavy (non-hydrogen) atoms. The Kier molecular flexibility index (Phi) is 5.75. The highest BCUT2D eigenvalue weighted by Gasteiger charge is 2.62. The predicted octanol–water partition coefficient (Wildman–Crippen LogP) is 1.93. The minimum Gasteiger partial charge on any atom is -0.404 e. The van der Waals surface area contributed by atoms with Crippen molar-refractivity contribution >= 4 is 13.6 Å². The highest BCUT2D eigenvalue weighted by molar-refractivity contribution is 7.49. The molecular weight excluding hydrogens is 465 g/mol. The number of aromatic nitrogens is 2. The topological polar surface area (TPSA) is 135 Å². The lowest BCUT2D eigenvalue weighted by molar-refractivity contribution is -0.194. The first-order valence-corrected chi connectivity index (χ1v) is 10.5. The van der Waals surface area contributed by atoms with Gasteiger partial charge < -0.3 is 20.1 Å². The lowest BCUT2D eigenvalue weighted by Crippen LogP contribution is -2.52. The number of nitrogens with two attached hydrogens (primary N) is 1. The van der Waals surface area contributed by atoms with E-state index in [4.69, 9.17) is 24.0 Å². The summed E-state index contributed by atoms with van der Waals surface area (Å²) in [6.07, 6.45) is -10.6. The zero-order valence-corrected chi connectivity index (χ0v) is 16.8. The molecule has 1 fully saturated rings. The molecule has 4 rings (SSSR count). The number of rotatable bonds is 5. The standard InChI is InChI=1S/C17H16F4N3O7P/c18-9-5-24(16(26)23-13(9)22)14-11(19)12(25)17(30-14,15(20)21)7-29-32(27)28-6-8-3-1-2-4-10(8)31-32/h1-5,11-12,14-15,25H,6-7H2,(H2,22,23,26)/t11-,12+,14-,17-,32?/m1/s1. The number of fused-ring (bicyclic) bond motifs is 1. The zero-order chi connectivity index (χ0) is 23.3. The van der Waals surface area contributed by atoms with E-state index in [1.165, 1.54) is 6.07 Å². The van der Waals surface area contributed by atoms with Crippen molar-refractivity contribution in [2.75, 3.05) is 12.3 Å². The quantitative estimate of drug-likeness (QED) is 0.485. The van der Waals surface area contributed by atoms with Crippen LogP contribution >= 0.6 is 7.82 Å². The molecule has 1 aromatic heterocycles. The van der Waals surface area contributed by atoms with E-state index >= 15 is 0 Å². The molecule has 0 bridgehead atoms. The molecule has 1 saturated heterocycles. The van der Waals surface area contributed by atoms with Crippen molar-refractivity contribution in [3.05, 3.63) is 52.3 Å². The number of halogens is 4. The number of aliphatic hydroxyl groups is 1. The van der Waals surface area contributed by atoms with Crippen LogP contribution in [0.25, 0.3) is 0 Å². The van der Waals surface area contributed by atoms with E-state index in [-0.39, 0.29) is 16.9 Å². The number of nitrogen functional groups attached to an aromatic ring is 1. The Morgan fingerprint density at radius 2 is 2.12 bits per heavy atom. The molecule has 10 nitrogen and oxygen atoms in total. The minimum absolute atomic E-state index is 0.122. The van der Waals surface area contributed by atoms with Crippen molar-refractivity contribution < 1.29 is 45.5 Å². The van der Waals surface area contributed by atoms with Crippen LogP contribution in [-0.4, -0.2) is 45.6 Å². The van der Waals surface area contributed by atoms with Crippen LogP contribution < -0.4 is 15.9 Å². The van der Waals surface area contributed by atoms with Gasteiger partial charge in [-0.2, -0.15) is 4.98 Å². The molecule has 1 unspecified atom stereocenters. The van der Waals surface area contributed by atoms with E-state index in [2.05, 4.69) is 4.98 Å². The second-order valence-electron chi connectivity index (χ2n) is 7.01. The number of ether oxygens (including phenoxy) is 1. The average Bonchev–Trinajstić information content (AvgIpc) is 3.01.